The van der Waals surface area contributed by atoms with Crippen molar-refractivity contribution in [3.05, 3.63) is 29.3 Å². The van der Waals surface area contributed by atoms with Crippen LogP contribution in [0.3, 0.4) is 0 Å². The zero-order chi connectivity index (χ0) is 12.3. The molecule has 0 radical (unpaired) electrons. The molecular weight excluding hydrogens is 292 g/mol. The molecule has 1 unspecified atom stereocenters. The normalized spacial score (nSPS) is 12.2. The van der Waals surface area contributed by atoms with Gasteiger partial charge in [0.05, 0.1) is 10.4 Å². The molecule has 3 nitrogen and oxygen atoms in total. The Morgan fingerprint density at radius 3 is 2.50 bits per heavy atom. The van der Waals surface area contributed by atoms with Crippen molar-refractivity contribution >= 4 is 39.4 Å². The quantitative estimate of drug-likeness (QED) is 0.527. The van der Waals surface area contributed by atoms with E-state index in [9.17, 15) is 9.59 Å². The Balaban J connectivity index is 3.22. The molecule has 0 saturated carbocycles. The van der Waals surface area contributed by atoms with Crippen LogP contribution in [0.4, 0.5) is 0 Å². The molecule has 0 fully saturated rings. The van der Waals surface area contributed by atoms with Gasteiger partial charge in [-0.1, -0.05) is 22.0 Å². The molecule has 1 rings (SSSR count). The fraction of sp³-hybridized carbons (Fsp3) is 0.273. The zero-order valence-corrected chi connectivity index (χ0v) is 11.3. The first-order valence-corrected chi connectivity index (χ1v) is 6.71. The highest BCUT2D eigenvalue weighted by atomic mass is 79.9. The topological polar surface area (TPSA) is 54.4 Å². The van der Waals surface area contributed by atoms with Crippen LogP contribution in [0.25, 0.3) is 0 Å². The zero-order valence-electron chi connectivity index (χ0n) is 8.86. The summed E-state index contributed by atoms with van der Waals surface area (Å²) in [6.07, 6.45) is 1.80. The maximum absolute atomic E-state index is 11.7. The molecule has 0 aliphatic carbocycles. The highest BCUT2D eigenvalue weighted by Gasteiger charge is 2.16. The van der Waals surface area contributed by atoms with Gasteiger partial charge in [0, 0.05) is 10.5 Å². The monoisotopic (exact) mass is 302 g/mol. The Morgan fingerprint density at radius 1 is 1.44 bits per heavy atom. The van der Waals surface area contributed by atoms with Crippen LogP contribution in [0.15, 0.2) is 23.1 Å². The van der Waals surface area contributed by atoms with E-state index in [0.717, 1.165) is 0 Å². The molecular formula is C11H11BrO3S. The lowest BCUT2D eigenvalue weighted by Gasteiger charge is -2.07. The van der Waals surface area contributed by atoms with Gasteiger partial charge in [-0.3, -0.25) is 4.79 Å². The molecule has 1 atom stereocenters. The molecule has 1 aromatic rings. The number of hydrogen-bond donors (Lipinski definition) is 1. The second-order valence-electron chi connectivity index (χ2n) is 3.20. The molecule has 0 amide bonds. The number of aromatic carboxylic acids is 1. The van der Waals surface area contributed by atoms with Gasteiger partial charge < -0.3 is 5.11 Å². The van der Waals surface area contributed by atoms with Gasteiger partial charge >= 0.3 is 5.97 Å². The van der Waals surface area contributed by atoms with Crippen LogP contribution in [0.2, 0.25) is 0 Å². The smallest absolute Gasteiger partial charge is 0.336 e. The third-order valence-corrected chi connectivity index (χ3v) is 3.29. The first-order valence-electron chi connectivity index (χ1n) is 4.57. The van der Waals surface area contributed by atoms with Gasteiger partial charge in [-0.2, -0.15) is 0 Å². The maximum Gasteiger partial charge on any atom is 0.336 e. The van der Waals surface area contributed by atoms with E-state index in [0.29, 0.717) is 10.5 Å². The van der Waals surface area contributed by atoms with Crippen molar-refractivity contribution in [1.82, 2.24) is 0 Å². The highest BCUT2D eigenvalue weighted by Crippen LogP contribution is 2.23. The van der Waals surface area contributed by atoms with Crippen molar-refractivity contribution in [2.45, 2.75) is 16.6 Å². The molecule has 0 aliphatic rings. The highest BCUT2D eigenvalue weighted by molar-refractivity contribution is 9.10. The van der Waals surface area contributed by atoms with Crippen molar-refractivity contribution in [1.29, 1.82) is 0 Å². The molecule has 0 heterocycles. The van der Waals surface area contributed by atoms with Crippen molar-refractivity contribution in [2.75, 3.05) is 6.26 Å². The van der Waals surface area contributed by atoms with Gasteiger partial charge in [0.15, 0.2) is 5.78 Å². The molecule has 16 heavy (non-hydrogen) atoms. The van der Waals surface area contributed by atoms with Gasteiger partial charge in [0.25, 0.3) is 0 Å². The third-order valence-electron chi connectivity index (χ3n) is 2.08. The molecule has 0 spiro atoms. The van der Waals surface area contributed by atoms with E-state index in [-0.39, 0.29) is 16.2 Å². The Bertz CT molecular complexity index is 429. The minimum atomic E-state index is -1.01. The molecule has 0 aromatic heterocycles. The number of ketones is 1. The van der Waals surface area contributed by atoms with Gasteiger partial charge in [-0.05, 0) is 25.3 Å². The SMILES string of the molecule is CSc1ccc(C(=O)C(C)Br)cc1C(=O)O. The van der Waals surface area contributed by atoms with Crippen LogP contribution in [0.1, 0.15) is 27.6 Å². The first kappa shape index (κ1) is 13.3. The molecule has 86 valence electrons. The number of benzene rings is 1. The van der Waals surface area contributed by atoms with Crippen LogP contribution in [-0.4, -0.2) is 27.9 Å². The third kappa shape index (κ3) is 2.86. The molecule has 0 saturated heterocycles. The lowest BCUT2D eigenvalue weighted by molar-refractivity contribution is 0.0693. The van der Waals surface area contributed by atoms with Gasteiger partial charge in [0.1, 0.15) is 0 Å². The minimum Gasteiger partial charge on any atom is -0.478 e. The predicted octanol–water partition coefficient (Wildman–Crippen LogP) is 3.07. The summed E-state index contributed by atoms with van der Waals surface area (Å²) in [6, 6.07) is 4.74. The maximum atomic E-state index is 11.7. The average molecular weight is 303 g/mol. The van der Waals surface area contributed by atoms with Crippen LogP contribution >= 0.6 is 27.7 Å². The molecule has 0 aliphatic heterocycles. The van der Waals surface area contributed by atoms with Gasteiger partial charge in [-0.25, -0.2) is 4.79 Å². The fourth-order valence-corrected chi connectivity index (χ4v) is 2.09. The molecule has 5 heteroatoms. The second-order valence-corrected chi connectivity index (χ2v) is 5.42. The van der Waals surface area contributed by atoms with Crippen molar-refractivity contribution in [2.24, 2.45) is 0 Å². The number of rotatable bonds is 4. The number of thioether (sulfide) groups is 1. The number of hydrogen-bond acceptors (Lipinski definition) is 3. The Labute approximate surface area is 106 Å². The summed E-state index contributed by atoms with van der Waals surface area (Å²) in [6.45, 7) is 1.71. The molecule has 1 aromatic carbocycles. The summed E-state index contributed by atoms with van der Waals surface area (Å²) in [7, 11) is 0. The number of carboxylic acid groups (broad SMARTS) is 1. The summed E-state index contributed by atoms with van der Waals surface area (Å²) in [5, 5.41) is 9.01. The van der Waals surface area contributed by atoms with E-state index in [2.05, 4.69) is 15.9 Å². The molecule has 0 bridgehead atoms. The van der Waals surface area contributed by atoms with Gasteiger partial charge in [0.2, 0.25) is 0 Å². The number of halogens is 1. The minimum absolute atomic E-state index is 0.116. The number of carboxylic acids is 1. The number of alkyl halides is 1. The van der Waals surface area contributed by atoms with Crippen molar-refractivity contribution < 1.29 is 14.7 Å². The standard InChI is InChI=1S/C11H11BrO3S/c1-6(12)10(13)7-3-4-9(16-2)8(5-7)11(14)15/h3-6H,1-2H3,(H,14,15). The summed E-state index contributed by atoms with van der Waals surface area (Å²) in [4.78, 5) is 23.0. The average Bonchev–Trinajstić information content (AvgIpc) is 2.26. The van der Waals surface area contributed by atoms with Crippen molar-refractivity contribution in [3.8, 4) is 0 Å². The van der Waals surface area contributed by atoms with E-state index in [1.807, 2.05) is 0 Å². The summed E-state index contributed by atoms with van der Waals surface area (Å²) in [5.41, 5.74) is 0.589. The second kappa shape index (κ2) is 5.50. The van der Waals surface area contributed by atoms with Gasteiger partial charge in [-0.15, -0.1) is 11.8 Å². The Kier molecular flexibility index (Phi) is 4.56. The largest absolute Gasteiger partial charge is 0.478 e. The van der Waals surface area contributed by atoms with Crippen LogP contribution in [0.5, 0.6) is 0 Å². The Morgan fingerprint density at radius 2 is 2.06 bits per heavy atom. The predicted molar refractivity (Wildman–Crippen MR) is 67.9 cm³/mol. The van der Waals surface area contributed by atoms with E-state index < -0.39 is 5.97 Å². The molecule has 1 N–H and O–H groups in total. The Hall–Kier alpha value is -0.810. The van der Waals surface area contributed by atoms with Crippen molar-refractivity contribution in [3.63, 3.8) is 0 Å². The summed E-state index contributed by atoms with van der Waals surface area (Å²) in [5.74, 6) is -1.13. The lowest BCUT2D eigenvalue weighted by atomic mass is 10.1. The number of carbonyl (C=O) groups excluding carboxylic acids is 1. The van der Waals surface area contributed by atoms with Crippen LogP contribution in [-0.2, 0) is 0 Å². The first-order chi connectivity index (χ1) is 7.47. The van der Waals surface area contributed by atoms with E-state index in [1.54, 1.807) is 25.3 Å². The fourth-order valence-electron chi connectivity index (χ4n) is 1.26. The van der Waals surface area contributed by atoms with E-state index >= 15 is 0 Å². The van der Waals surface area contributed by atoms with E-state index in [1.165, 1.54) is 17.8 Å². The number of carbonyl (C=O) groups is 2. The lowest BCUT2D eigenvalue weighted by Crippen LogP contribution is -2.11. The summed E-state index contributed by atoms with van der Waals surface area (Å²) < 4.78 is 0. The van der Waals surface area contributed by atoms with Crippen LogP contribution < -0.4 is 0 Å². The van der Waals surface area contributed by atoms with Crippen LogP contribution in [0, 0.1) is 0 Å². The number of Topliss-reactive ketones (excluding diaryl/α,β-unsaturated/α-hetero) is 1. The summed E-state index contributed by atoms with van der Waals surface area (Å²) >= 11 is 4.52. The van der Waals surface area contributed by atoms with E-state index in [4.69, 9.17) is 5.11 Å².